The zero-order chi connectivity index (χ0) is 13.8. The van der Waals surface area contributed by atoms with E-state index in [1.165, 1.54) is 0 Å². The monoisotopic (exact) mass is 257 g/mol. The minimum atomic E-state index is -1.16. The molecular weight excluding hydrogens is 234 g/mol. The van der Waals surface area contributed by atoms with Gasteiger partial charge in [-0.2, -0.15) is 0 Å². The number of nitrogens with zero attached hydrogens (tertiary/aromatic N) is 1. The Hall–Kier alpha value is -1.10. The third kappa shape index (κ3) is 3.02. The van der Waals surface area contributed by atoms with E-state index in [9.17, 15) is 14.7 Å². The van der Waals surface area contributed by atoms with Crippen molar-refractivity contribution in [3.63, 3.8) is 0 Å². The molecule has 104 valence electrons. The molecule has 0 saturated heterocycles. The third-order valence-electron chi connectivity index (χ3n) is 3.46. The van der Waals surface area contributed by atoms with Gasteiger partial charge in [-0.3, -0.25) is 9.59 Å². The van der Waals surface area contributed by atoms with Gasteiger partial charge in [0.1, 0.15) is 5.41 Å². The number of aliphatic carboxylic acids is 1. The van der Waals surface area contributed by atoms with Gasteiger partial charge in [0.25, 0.3) is 0 Å². The number of carbonyl (C=O) groups is 2. The van der Waals surface area contributed by atoms with Gasteiger partial charge in [0.05, 0.1) is 6.61 Å². The summed E-state index contributed by atoms with van der Waals surface area (Å²) < 4.78 is 4.99. The molecule has 0 bridgehead atoms. The minimum Gasteiger partial charge on any atom is -0.480 e. The van der Waals surface area contributed by atoms with E-state index in [1.807, 2.05) is 13.8 Å². The van der Waals surface area contributed by atoms with Gasteiger partial charge in [0.2, 0.25) is 5.91 Å². The molecule has 1 amide bonds. The van der Waals surface area contributed by atoms with Crippen LogP contribution in [0.4, 0.5) is 0 Å². The normalized spacial score (nSPS) is 17.3. The second-order valence-corrected chi connectivity index (χ2v) is 5.38. The van der Waals surface area contributed by atoms with Crippen LogP contribution in [0.3, 0.4) is 0 Å². The number of carboxylic acid groups (broad SMARTS) is 1. The molecule has 0 spiro atoms. The van der Waals surface area contributed by atoms with Crippen molar-refractivity contribution in [1.29, 1.82) is 0 Å². The summed E-state index contributed by atoms with van der Waals surface area (Å²) in [6, 6.07) is 0. The maximum atomic E-state index is 12.4. The Bertz CT molecular complexity index is 310. The molecule has 1 fully saturated rings. The van der Waals surface area contributed by atoms with Crippen LogP contribution in [0.5, 0.6) is 0 Å². The van der Waals surface area contributed by atoms with E-state index in [2.05, 4.69) is 0 Å². The van der Waals surface area contributed by atoms with Crippen LogP contribution in [-0.2, 0) is 14.3 Å². The Morgan fingerprint density at radius 2 is 2.00 bits per heavy atom. The van der Waals surface area contributed by atoms with Crippen molar-refractivity contribution in [3.8, 4) is 0 Å². The lowest BCUT2D eigenvalue weighted by Gasteiger charge is -2.40. The molecule has 1 rings (SSSR count). The highest BCUT2D eigenvalue weighted by Gasteiger charge is 2.52. The van der Waals surface area contributed by atoms with Crippen molar-refractivity contribution in [1.82, 2.24) is 4.90 Å². The van der Waals surface area contributed by atoms with Gasteiger partial charge in [-0.1, -0.05) is 20.3 Å². The second kappa shape index (κ2) is 6.18. The number of amides is 1. The van der Waals surface area contributed by atoms with E-state index in [4.69, 9.17) is 4.74 Å². The van der Waals surface area contributed by atoms with Crippen LogP contribution < -0.4 is 0 Å². The van der Waals surface area contributed by atoms with Crippen molar-refractivity contribution in [2.24, 2.45) is 11.3 Å². The summed E-state index contributed by atoms with van der Waals surface area (Å²) in [5, 5.41) is 9.28. The molecule has 5 nitrogen and oxygen atoms in total. The first-order chi connectivity index (χ1) is 8.44. The number of carbonyl (C=O) groups excluding carboxylic acids is 1. The molecule has 5 heteroatoms. The largest absolute Gasteiger partial charge is 0.480 e. The van der Waals surface area contributed by atoms with Gasteiger partial charge in [-0.25, -0.2) is 0 Å². The van der Waals surface area contributed by atoms with Gasteiger partial charge in [-0.15, -0.1) is 0 Å². The highest BCUT2D eigenvalue weighted by molar-refractivity contribution is 6.02. The topological polar surface area (TPSA) is 66.8 Å². The Labute approximate surface area is 108 Å². The van der Waals surface area contributed by atoms with E-state index in [1.54, 1.807) is 12.0 Å². The van der Waals surface area contributed by atoms with Crippen LogP contribution in [0.15, 0.2) is 0 Å². The standard InChI is InChI=1S/C13H23NO4/c1-10(2)9-14(7-8-18-3)11(15)13(12(16)17)5-4-6-13/h10H,4-9H2,1-3H3,(H,16,17). The smallest absolute Gasteiger partial charge is 0.319 e. The summed E-state index contributed by atoms with van der Waals surface area (Å²) in [5.41, 5.74) is -1.16. The van der Waals surface area contributed by atoms with Gasteiger partial charge in [0, 0.05) is 20.2 Å². The molecular formula is C13H23NO4. The summed E-state index contributed by atoms with van der Waals surface area (Å²) in [6.07, 6.45) is 1.74. The number of methoxy groups -OCH3 is 1. The van der Waals surface area contributed by atoms with E-state index < -0.39 is 11.4 Å². The quantitative estimate of drug-likeness (QED) is 0.700. The molecule has 0 aromatic heterocycles. The fourth-order valence-electron chi connectivity index (χ4n) is 2.27. The van der Waals surface area contributed by atoms with Crippen LogP contribution in [0.2, 0.25) is 0 Å². The maximum Gasteiger partial charge on any atom is 0.319 e. The number of hydrogen-bond donors (Lipinski definition) is 1. The van der Waals surface area contributed by atoms with Crippen LogP contribution in [0.25, 0.3) is 0 Å². The lowest BCUT2D eigenvalue weighted by Crippen LogP contribution is -2.54. The Morgan fingerprint density at radius 3 is 2.33 bits per heavy atom. The van der Waals surface area contributed by atoms with Gasteiger partial charge >= 0.3 is 5.97 Å². The van der Waals surface area contributed by atoms with Crippen LogP contribution in [0, 0.1) is 11.3 Å². The fraction of sp³-hybridized carbons (Fsp3) is 0.846. The fourth-order valence-corrected chi connectivity index (χ4v) is 2.27. The van der Waals surface area contributed by atoms with Gasteiger partial charge in [-0.05, 0) is 18.8 Å². The van der Waals surface area contributed by atoms with E-state index in [-0.39, 0.29) is 5.91 Å². The summed E-state index contributed by atoms with van der Waals surface area (Å²) in [6.45, 7) is 5.51. The molecule has 18 heavy (non-hydrogen) atoms. The lowest BCUT2D eigenvalue weighted by atomic mass is 9.67. The number of ether oxygens (including phenoxy) is 1. The summed E-state index contributed by atoms with van der Waals surface area (Å²) in [7, 11) is 1.58. The van der Waals surface area contributed by atoms with Crippen LogP contribution in [0.1, 0.15) is 33.1 Å². The van der Waals surface area contributed by atoms with Crippen molar-refractivity contribution in [2.75, 3.05) is 26.8 Å². The van der Waals surface area contributed by atoms with Crippen molar-refractivity contribution >= 4 is 11.9 Å². The third-order valence-corrected chi connectivity index (χ3v) is 3.46. The summed E-state index contributed by atoms with van der Waals surface area (Å²) >= 11 is 0. The minimum absolute atomic E-state index is 0.244. The van der Waals surface area contributed by atoms with Crippen molar-refractivity contribution in [3.05, 3.63) is 0 Å². The predicted octanol–water partition coefficient (Wildman–Crippen LogP) is 1.37. The number of hydrogen-bond acceptors (Lipinski definition) is 3. The summed E-state index contributed by atoms with van der Waals surface area (Å²) in [4.78, 5) is 25.4. The van der Waals surface area contributed by atoms with E-state index in [0.29, 0.717) is 38.5 Å². The molecule has 0 heterocycles. The first kappa shape index (κ1) is 15.0. The highest BCUT2D eigenvalue weighted by atomic mass is 16.5. The molecule has 0 aliphatic heterocycles. The molecule has 0 unspecified atom stereocenters. The Morgan fingerprint density at radius 1 is 1.39 bits per heavy atom. The van der Waals surface area contributed by atoms with Crippen molar-refractivity contribution in [2.45, 2.75) is 33.1 Å². The van der Waals surface area contributed by atoms with Gasteiger partial charge < -0.3 is 14.7 Å². The zero-order valence-electron chi connectivity index (χ0n) is 11.4. The first-order valence-corrected chi connectivity index (χ1v) is 6.45. The molecule has 0 radical (unpaired) electrons. The SMILES string of the molecule is COCCN(CC(C)C)C(=O)C1(C(=O)O)CCC1. The predicted molar refractivity (Wildman–Crippen MR) is 67.2 cm³/mol. The molecule has 0 aromatic rings. The molecule has 1 aliphatic rings. The average molecular weight is 257 g/mol. The van der Waals surface area contributed by atoms with Crippen molar-refractivity contribution < 1.29 is 19.4 Å². The van der Waals surface area contributed by atoms with E-state index >= 15 is 0 Å². The highest BCUT2D eigenvalue weighted by Crippen LogP contribution is 2.42. The van der Waals surface area contributed by atoms with E-state index in [0.717, 1.165) is 6.42 Å². The maximum absolute atomic E-state index is 12.4. The summed E-state index contributed by atoms with van der Waals surface area (Å²) in [5.74, 6) is -0.909. The average Bonchev–Trinajstić information content (AvgIpc) is 2.21. The molecule has 0 aromatic carbocycles. The Balaban J connectivity index is 2.76. The van der Waals surface area contributed by atoms with Crippen LogP contribution >= 0.6 is 0 Å². The molecule has 1 N–H and O–H groups in total. The molecule has 1 saturated carbocycles. The molecule has 1 aliphatic carbocycles. The number of rotatable bonds is 7. The first-order valence-electron chi connectivity index (χ1n) is 6.45. The second-order valence-electron chi connectivity index (χ2n) is 5.38. The lowest BCUT2D eigenvalue weighted by molar-refractivity contribution is -0.168. The number of carboxylic acids is 1. The van der Waals surface area contributed by atoms with Crippen LogP contribution in [-0.4, -0.2) is 48.7 Å². The van der Waals surface area contributed by atoms with Gasteiger partial charge in [0.15, 0.2) is 0 Å². The molecule has 0 atom stereocenters. The Kier molecular flexibility index (Phi) is 5.14. The zero-order valence-corrected chi connectivity index (χ0v) is 11.4.